The summed E-state index contributed by atoms with van der Waals surface area (Å²) in [6, 6.07) is 4.21. The van der Waals surface area contributed by atoms with Crippen LogP contribution in [0.2, 0.25) is 0 Å². The van der Waals surface area contributed by atoms with E-state index in [2.05, 4.69) is 37.2 Å². The quantitative estimate of drug-likeness (QED) is 0.822. The van der Waals surface area contributed by atoms with Crippen molar-refractivity contribution in [2.24, 2.45) is 0 Å². The zero-order chi connectivity index (χ0) is 13.8. The highest BCUT2D eigenvalue weighted by Crippen LogP contribution is 2.33. The molecule has 2 unspecified atom stereocenters. The van der Waals surface area contributed by atoms with Gasteiger partial charge in [0.1, 0.15) is 5.75 Å². The highest BCUT2D eigenvalue weighted by atomic mass is 79.9. The van der Waals surface area contributed by atoms with Gasteiger partial charge < -0.3 is 15.2 Å². The third-order valence-electron chi connectivity index (χ3n) is 3.57. The van der Waals surface area contributed by atoms with E-state index in [1.54, 1.807) is 7.11 Å². The minimum atomic E-state index is -0.227. The summed E-state index contributed by atoms with van der Waals surface area (Å²) in [7, 11) is 1.67. The zero-order valence-corrected chi connectivity index (χ0v) is 14.1. The molecule has 3 nitrogen and oxygen atoms in total. The Kier molecular flexibility index (Phi) is 5.69. The fourth-order valence-electron chi connectivity index (χ4n) is 2.56. The predicted octanol–water partition coefficient (Wildman–Crippen LogP) is 3.61. The maximum absolute atomic E-state index is 9.97. The molecule has 2 N–H and O–H groups in total. The van der Waals surface area contributed by atoms with Gasteiger partial charge in [-0.25, -0.2) is 0 Å². The van der Waals surface area contributed by atoms with Crippen LogP contribution < -0.4 is 10.1 Å². The van der Waals surface area contributed by atoms with Crippen molar-refractivity contribution < 1.29 is 9.84 Å². The van der Waals surface area contributed by atoms with Crippen LogP contribution in [-0.2, 0) is 6.54 Å². The van der Waals surface area contributed by atoms with Crippen LogP contribution in [0.4, 0.5) is 0 Å². The van der Waals surface area contributed by atoms with Crippen molar-refractivity contribution >= 4 is 31.9 Å². The van der Waals surface area contributed by atoms with Gasteiger partial charge in [-0.2, -0.15) is 0 Å². The van der Waals surface area contributed by atoms with Crippen LogP contribution in [0.5, 0.6) is 5.75 Å². The molecular weight excluding hydrogens is 374 g/mol. The summed E-state index contributed by atoms with van der Waals surface area (Å²) in [5.74, 6) is 0.848. The maximum atomic E-state index is 9.97. The highest BCUT2D eigenvalue weighted by molar-refractivity contribution is 9.11. The molecule has 2 atom stereocenters. The molecule has 1 aromatic rings. The van der Waals surface area contributed by atoms with E-state index in [1.807, 2.05) is 12.1 Å². The lowest BCUT2D eigenvalue weighted by Gasteiger charge is -2.28. The van der Waals surface area contributed by atoms with Crippen molar-refractivity contribution in [3.8, 4) is 5.75 Å². The van der Waals surface area contributed by atoms with E-state index in [4.69, 9.17) is 4.74 Å². The van der Waals surface area contributed by atoms with Gasteiger partial charge in [-0.05, 0) is 40.9 Å². The van der Waals surface area contributed by atoms with Gasteiger partial charge in [0, 0.05) is 22.6 Å². The first-order valence-corrected chi connectivity index (χ1v) is 8.13. The van der Waals surface area contributed by atoms with Crippen LogP contribution >= 0.6 is 31.9 Å². The lowest BCUT2D eigenvalue weighted by atomic mass is 9.92. The van der Waals surface area contributed by atoms with Gasteiger partial charge in [0.15, 0.2) is 0 Å². The van der Waals surface area contributed by atoms with Crippen molar-refractivity contribution in [2.75, 3.05) is 7.11 Å². The standard InChI is InChI=1S/C14H19Br2NO2/c1-19-14-9(6-10(15)7-11(14)16)8-17-12-4-2-3-5-13(12)18/h6-7,12-13,17-18H,2-5,8H2,1H3. The Hall–Kier alpha value is -0.100. The molecule has 0 heterocycles. The van der Waals surface area contributed by atoms with Crippen molar-refractivity contribution in [2.45, 2.75) is 44.4 Å². The van der Waals surface area contributed by atoms with E-state index in [-0.39, 0.29) is 12.1 Å². The summed E-state index contributed by atoms with van der Waals surface area (Å²) in [4.78, 5) is 0. The first kappa shape index (κ1) is 15.3. The molecule has 0 saturated heterocycles. The summed E-state index contributed by atoms with van der Waals surface area (Å²) in [5, 5.41) is 13.4. The number of methoxy groups -OCH3 is 1. The minimum absolute atomic E-state index is 0.191. The SMILES string of the molecule is COc1c(Br)cc(Br)cc1CNC1CCCCC1O. The smallest absolute Gasteiger partial charge is 0.137 e. The van der Waals surface area contributed by atoms with Crippen molar-refractivity contribution in [1.82, 2.24) is 5.32 Å². The molecule has 1 aliphatic carbocycles. The fraction of sp³-hybridized carbons (Fsp3) is 0.571. The predicted molar refractivity (Wildman–Crippen MR) is 83.5 cm³/mol. The number of rotatable bonds is 4. The lowest BCUT2D eigenvalue weighted by Crippen LogP contribution is -2.41. The molecule has 0 aliphatic heterocycles. The Morgan fingerprint density at radius 2 is 2.05 bits per heavy atom. The van der Waals surface area contributed by atoms with Crippen LogP contribution in [0, 0.1) is 0 Å². The van der Waals surface area contributed by atoms with E-state index < -0.39 is 0 Å². The molecule has 2 rings (SSSR count). The summed E-state index contributed by atoms with van der Waals surface area (Å²) < 4.78 is 7.38. The van der Waals surface area contributed by atoms with E-state index >= 15 is 0 Å². The van der Waals surface area contributed by atoms with Crippen molar-refractivity contribution in [3.63, 3.8) is 0 Å². The van der Waals surface area contributed by atoms with Crippen molar-refractivity contribution in [3.05, 3.63) is 26.6 Å². The highest BCUT2D eigenvalue weighted by Gasteiger charge is 2.22. The normalized spacial score (nSPS) is 23.4. The summed E-state index contributed by atoms with van der Waals surface area (Å²) in [5.41, 5.74) is 1.08. The van der Waals surface area contributed by atoms with E-state index in [1.165, 1.54) is 6.42 Å². The van der Waals surface area contributed by atoms with Gasteiger partial charge in [0.05, 0.1) is 17.7 Å². The topological polar surface area (TPSA) is 41.5 Å². The van der Waals surface area contributed by atoms with Gasteiger partial charge in [-0.15, -0.1) is 0 Å². The second-order valence-electron chi connectivity index (χ2n) is 4.92. The number of aliphatic hydroxyl groups excluding tert-OH is 1. The number of hydrogen-bond acceptors (Lipinski definition) is 3. The number of benzene rings is 1. The van der Waals surface area contributed by atoms with E-state index in [9.17, 15) is 5.11 Å². The second-order valence-corrected chi connectivity index (χ2v) is 6.69. The average molecular weight is 393 g/mol. The molecule has 19 heavy (non-hydrogen) atoms. The van der Waals surface area contributed by atoms with Crippen LogP contribution in [0.3, 0.4) is 0 Å². The summed E-state index contributed by atoms with van der Waals surface area (Å²) in [6.45, 7) is 0.697. The molecule has 0 aromatic heterocycles. The molecule has 0 spiro atoms. The molecule has 0 radical (unpaired) electrons. The molecule has 1 aromatic carbocycles. The van der Waals surface area contributed by atoms with E-state index in [0.717, 1.165) is 39.5 Å². The Bertz CT molecular complexity index is 440. The van der Waals surface area contributed by atoms with Crippen molar-refractivity contribution in [1.29, 1.82) is 0 Å². The third-order valence-corrected chi connectivity index (χ3v) is 4.62. The number of hydrogen-bond donors (Lipinski definition) is 2. The Balaban J connectivity index is 2.06. The summed E-state index contributed by atoms with van der Waals surface area (Å²) in [6.07, 6.45) is 4.03. The van der Waals surface area contributed by atoms with Crippen LogP contribution in [0.15, 0.2) is 21.1 Å². The molecule has 0 bridgehead atoms. The Labute approximate surface area is 131 Å². The summed E-state index contributed by atoms with van der Waals surface area (Å²) >= 11 is 7.00. The fourth-order valence-corrected chi connectivity index (χ4v) is 4.04. The molecule has 5 heteroatoms. The van der Waals surface area contributed by atoms with Crippen LogP contribution in [-0.4, -0.2) is 24.4 Å². The second kappa shape index (κ2) is 7.07. The number of nitrogens with one attached hydrogen (secondary N) is 1. The molecule has 0 amide bonds. The van der Waals surface area contributed by atoms with Gasteiger partial charge in [-0.1, -0.05) is 28.8 Å². The average Bonchev–Trinajstić information content (AvgIpc) is 2.37. The van der Waals surface area contributed by atoms with Gasteiger partial charge in [0.2, 0.25) is 0 Å². The monoisotopic (exact) mass is 391 g/mol. The first-order chi connectivity index (χ1) is 9.11. The Morgan fingerprint density at radius 1 is 1.32 bits per heavy atom. The number of ether oxygens (including phenoxy) is 1. The van der Waals surface area contributed by atoms with Gasteiger partial charge >= 0.3 is 0 Å². The number of halogens is 2. The van der Waals surface area contributed by atoms with E-state index in [0.29, 0.717) is 6.54 Å². The minimum Gasteiger partial charge on any atom is -0.495 e. The molecule has 1 fully saturated rings. The molecule has 1 aliphatic rings. The molecule has 106 valence electrons. The van der Waals surface area contributed by atoms with Crippen LogP contribution in [0.25, 0.3) is 0 Å². The largest absolute Gasteiger partial charge is 0.495 e. The number of aliphatic hydroxyl groups is 1. The maximum Gasteiger partial charge on any atom is 0.137 e. The molecular formula is C14H19Br2NO2. The third kappa shape index (κ3) is 3.94. The molecule has 1 saturated carbocycles. The first-order valence-electron chi connectivity index (χ1n) is 6.55. The lowest BCUT2D eigenvalue weighted by molar-refractivity contribution is 0.0901. The van der Waals surface area contributed by atoms with Crippen LogP contribution in [0.1, 0.15) is 31.2 Å². The zero-order valence-electron chi connectivity index (χ0n) is 11.0. The van der Waals surface area contributed by atoms with Gasteiger partial charge in [-0.3, -0.25) is 0 Å². The Morgan fingerprint density at radius 3 is 2.74 bits per heavy atom. The van der Waals surface area contributed by atoms with Gasteiger partial charge in [0.25, 0.3) is 0 Å².